The number of benzene rings is 1. The first-order valence-electron chi connectivity index (χ1n) is 6.72. The number of carbonyl (C=O) groups excluding carboxylic acids is 1. The lowest BCUT2D eigenvalue weighted by Gasteiger charge is -2.22. The number of nitrogens with zero attached hydrogens (tertiary/aromatic N) is 4. The van der Waals surface area contributed by atoms with E-state index in [1.165, 1.54) is 27.9 Å². The number of nitrogens with two attached hydrogens (primary N) is 1. The van der Waals surface area contributed by atoms with Crippen LogP contribution in [0.3, 0.4) is 0 Å². The zero-order valence-corrected chi connectivity index (χ0v) is 12.3. The van der Waals surface area contributed by atoms with Crippen molar-refractivity contribution in [2.75, 3.05) is 13.6 Å². The fourth-order valence-corrected chi connectivity index (χ4v) is 1.92. The van der Waals surface area contributed by atoms with E-state index in [9.17, 15) is 14.9 Å². The minimum absolute atomic E-state index is 0.0757. The van der Waals surface area contributed by atoms with Crippen LogP contribution in [0.25, 0.3) is 5.69 Å². The largest absolute Gasteiger partial charge is 0.336 e. The van der Waals surface area contributed by atoms with Crippen molar-refractivity contribution in [3.8, 4) is 5.69 Å². The van der Waals surface area contributed by atoms with Gasteiger partial charge in [0.15, 0.2) is 5.69 Å². The maximum atomic E-state index is 12.3. The van der Waals surface area contributed by atoms with Gasteiger partial charge in [0.05, 0.1) is 4.92 Å². The second-order valence-electron chi connectivity index (χ2n) is 4.89. The highest BCUT2D eigenvalue weighted by Crippen LogP contribution is 2.21. The third-order valence-corrected chi connectivity index (χ3v) is 3.46. The zero-order valence-electron chi connectivity index (χ0n) is 12.3. The van der Waals surface area contributed by atoms with Gasteiger partial charge in [-0.05, 0) is 19.1 Å². The van der Waals surface area contributed by atoms with Gasteiger partial charge in [0.1, 0.15) is 5.69 Å². The molecule has 0 fully saturated rings. The molecule has 1 atom stereocenters. The lowest BCUT2D eigenvalue weighted by atomic mass is 10.2. The molecular weight excluding hydrogens is 286 g/mol. The van der Waals surface area contributed by atoms with E-state index in [1.807, 2.05) is 6.92 Å². The number of nitro groups is 1. The fraction of sp³-hybridized carbons (Fsp3) is 0.286. The van der Waals surface area contributed by atoms with Crippen molar-refractivity contribution in [3.05, 3.63) is 52.3 Å². The average Bonchev–Trinajstić information content (AvgIpc) is 3.02. The number of rotatable bonds is 5. The third kappa shape index (κ3) is 2.96. The van der Waals surface area contributed by atoms with E-state index < -0.39 is 4.92 Å². The third-order valence-electron chi connectivity index (χ3n) is 3.46. The summed E-state index contributed by atoms with van der Waals surface area (Å²) in [4.78, 5) is 24.3. The van der Waals surface area contributed by atoms with Crippen LogP contribution >= 0.6 is 0 Å². The number of para-hydroxylation sites is 2. The molecule has 116 valence electrons. The molecule has 0 aliphatic heterocycles. The van der Waals surface area contributed by atoms with Gasteiger partial charge in [-0.3, -0.25) is 14.9 Å². The Morgan fingerprint density at radius 3 is 2.77 bits per heavy atom. The lowest BCUT2D eigenvalue weighted by Crippen LogP contribution is -2.39. The molecule has 0 aliphatic carbocycles. The molecule has 2 N–H and O–H groups in total. The van der Waals surface area contributed by atoms with Crippen molar-refractivity contribution in [2.45, 2.75) is 13.0 Å². The summed E-state index contributed by atoms with van der Waals surface area (Å²) < 4.78 is 1.33. The van der Waals surface area contributed by atoms with E-state index in [0.29, 0.717) is 12.2 Å². The van der Waals surface area contributed by atoms with Gasteiger partial charge in [-0.15, -0.1) is 0 Å². The van der Waals surface area contributed by atoms with Crippen molar-refractivity contribution < 1.29 is 9.72 Å². The number of amides is 1. The molecule has 2 rings (SSSR count). The summed E-state index contributed by atoms with van der Waals surface area (Å²) in [5, 5.41) is 15.2. The molecule has 0 saturated carbocycles. The minimum Gasteiger partial charge on any atom is -0.336 e. The minimum atomic E-state index is -0.485. The van der Waals surface area contributed by atoms with E-state index in [4.69, 9.17) is 5.73 Å². The first-order valence-corrected chi connectivity index (χ1v) is 6.72. The SMILES string of the molecule is CC(CN)N(C)C(=O)c1ccn(-c2ccccc2[N+](=O)[O-])n1. The molecule has 1 unspecified atom stereocenters. The molecule has 0 aliphatic rings. The topological polar surface area (TPSA) is 107 Å². The van der Waals surface area contributed by atoms with Crippen LogP contribution in [0.5, 0.6) is 0 Å². The quantitative estimate of drug-likeness (QED) is 0.659. The molecule has 8 heteroatoms. The van der Waals surface area contributed by atoms with Crippen molar-refractivity contribution in [1.82, 2.24) is 14.7 Å². The van der Waals surface area contributed by atoms with Gasteiger partial charge in [0, 0.05) is 31.9 Å². The first-order chi connectivity index (χ1) is 10.5. The molecule has 2 aromatic rings. The van der Waals surface area contributed by atoms with E-state index in [0.717, 1.165) is 0 Å². The molecule has 0 bridgehead atoms. The Balaban J connectivity index is 2.33. The molecule has 1 amide bonds. The van der Waals surface area contributed by atoms with Crippen LogP contribution < -0.4 is 5.73 Å². The van der Waals surface area contributed by atoms with Gasteiger partial charge < -0.3 is 10.6 Å². The second kappa shape index (κ2) is 6.35. The Kier molecular flexibility index (Phi) is 4.52. The molecule has 1 aromatic carbocycles. The summed E-state index contributed by atoms with van der Waals surface area (Å²) in [7, 11) is 1.64. The average molecular weight is 303 g/mol. The molecular formula is C14H17N5O3. The Morgan fingerprint density at radius 2 is 2.14 bits per heavy atom. The molecule has 0 saturated heterocycles. The van der Waals surface area contributed by atoms with Gasteiger partial charge in [0.2, 0.25) is 0 Å². The lowest BCUT2D eigenvalue weighted by molar-refractivity contribution is -0.384. The van der Waals surface area contributed by atoms with Gasteiger partial charge >= 0.3 is 0 Å². The number of hydrogen-bond donors (Lipinski definition) is 1. The van der Waals surface area contributed by atoms with E-state index in [1.54, 1.807) is 25.2 Å². The molecule has 0 spiro atoms. The summed E-state index contributed by atoms with van der Waals surface area (Å²) in [5.41, 5.74) is 5.98. The Hall–Kier alpha value is -2.74. The molecule has 22 heavy (non-hydrogen) atoms. The predicted molar refractivity (Wildman–Crippen MR) is 80.8 cm³/mol. The molecule has 1 heterocycles. The summed E-state index contributed by atoms with van der Waals surface area (Å²) in [5.74, 6) is -0.282. The standard InChI is InChI=1S/C14H17N5O3/c1-10(9-15)17(2)14(20)11-7-8-18(16-11)12-5-3-4-6-13(12)19(21)22/h3-8,10H,9,15H2,1-2H3. The highest BCUT2D eigenvalue weighted by Gasteiger charge is 2.21. The van der Waals surface area contributed by atoms with E-state index >= 15 is 0 Å². The van der Waals surface area contributed by atoms with Crippen molar-refractivity contribution in [2.24, 2.45) is 5.73 Å². The maximum Gasteiger partial charge on any atom is 0.294 e. The van der Waals surface area contributed by atoms with Crippen LogP contribution in [0, 0.1) is 10.1 Å². The van der Waals surface area contributed by atoms with Crippen molar-refractivity contribution in [1.29, 1.82) is 0 Å². The Morgan fingerprint density at radius 1 is 1.45 bits per heavy atom. The van der Waals surface area contributed by atoms with Crippen LogP contribution in [0.4, 0.5) is 5.69 Å². The molecule has 8 nitrogen and oxygen atoms in total. The van der Waals surface area contributed by atoms with Crippen LogP contribution in [0.15, 0.2) is 36.5 Å². The monoisotopic (exact) mass is 303 g/mol. The molecule has 1 aromatic heterocycles. The van der Waals surface area contributed by atoms with Crippen LogP contribution in [0.2, 0.25) is 0 Å². The van der Waals surface area contributed by atoms with Gasteiger partial charge in [0.25, 0.3) is 11.6 Å². The fourth-order valence-electron chi connectivity index (χ4n) is 1.92. The second-order valence-corrected chi connectivity index (χ2v) is 4.89. The van der Waals surface area contributed by atoms with E-state index in [-0.39, 0.29) is 23.3 Å². The predicted octanol–water partition coefficient (Wildman–Crippen LogP) is 1.20. The van der Waals surface area contributed by atoms with Gasteiger partial charge in [-0.1, -0.05) is 12.1 Å². The zero-order chi connectivity index (χ0) is 16.3. The Labute approximate surface area is 127 Å². The van der Waals surface area contributed by atoms with Gasteiger partial charge in [-0.2, -0.15) is 5.10 Å². The number of nitro benzene ring substituents is 1. The smallest absolute Gasteiger partial charge is 0.294 e. The maximum absolute atomic E-state index is 12.3. The van der Waals surface area contributed by atoms with Crippen LogP contribution in [-0.2, 0) is 0 Å². The Bertz CT molecular complexity index is 697. The van der Waals surface area contributed by atoms with Crippen molar-refractivity contribution >= 4 is 11.6 Å². The summed E-state index contributed by atoms with van der Waals surface area (Å²) in [6.07, 6.45) is 1.52. The number of hydrogen-bond acceptors (Lipinski definition) is 5. The van der Waals surface area contributed by atoms with Crippen LogP contribution in [-0.4, -0.2) is 45.1 Å². The van der Waals surface area contributed by atoms with E-state index in [2.05, 4.69) is 5.10 Å². The molecule has 0 radical (unpaired) electrons. The highest BCUT2D eigenvalue weighted by molar-refractivity contribution is 5.92. The summed E-state index contributed by atoms with van der Waals surface area (Å²) in [6.45, 7) is 2.17. The highest BCUT2D eigenvalue weighted by atomic mass is 16.6. The number of carbonyl (C=O) groups is 1. The normalized spacial score (nSPS) is 12.0. The number of likely N-dealkylation sites (N-methyl/N-ethyl adjacent to an activating group) is 1. The first kappa shape index (κ1) is 15.6. The number of aromatic nitrogens is 2. The van der Waals surface area contributed by atoms with Crippen molar-refractivity contribution in [3.63, 3.8) is 0 Å². The van der Waals surface area contributed by atoms with Gasteiger partial charge in [-0.25, -0.2) is 4.68 Å². The summed E-state index contributed by atoms with van der Waals surface area (Å²) >= 11 is 0. The summed E-state index contributed by atoms with van der Waals surface area (Å²) in [6, 6.07) is 7.62. The van der Waals surface area contributed by atoms with Crippen LogP contribution in [0.1, 0.15) is 17.4 Å².